The van der Waals surface area contributed by atoms with E-state index in [1.165, 1.54) is 18.2 Å². The minimum Gasteiger partial charge on any atom is -0.489 e. The fourth-order valence-corrected chi connectivity index (χ4v) is 3.93. The zero-order valence-corrected chi connectivity index (χ0v) is 13.8. The number of hydrogen-bond acceptors (Lipinski definition) is 4. The maximum absolute atomic E-state index is 11.3. The number of rotatable bonds is 4. The maximum Gasteiger partial charge on any atom is 0.339 e. The van der Waals surface area contributed by atoms with Crippen LogP contribution in [-0.4, -0.2) is 40.8 Å². The summed E-state index contributed by atoms with van der Waals surface area (Å²) in [5, 5.41) is 22.0. The number of fused-ring (bicyclic) bond motifs is 1. The lowest BCUT2D eigenvalue weighted by molar-refractivity contribution is -0.141. The number of hydrogen-bond donors (Lipinski definition) is 3. The number of halogens is 1. The molecule has 6 nitrogen and oxygen atoms in total. The molecule has 3 N–H and O–H groups in total. The topological polar surface area (TPSA) is 95.9 Å². The summed E-state index contributed by atoms with van der Waals surface area (Å²) in [5.74, 6) is -0.859. The molecule has 1 aliphatic heterocycles. The molecule has 0 amide bonds. The van der Waals surface area contributed by atoms with Crippen LogP contribution in [0.5, 0.6) is 5.75 Å². The van der Waals surface area contributed by atoms with Crippen molar-refractivity contribution in [2.45, 2.75) is 37.8 Å². The van der Waals surface area contributed by atoms with Crippen LogP contribution < -0.4 is 10.1 Å². The molecule has 1 saturated heterocycles. The van der Waals surface area contributed by atoms with Gasteiger partial charge < -0.3 is 20.3 Å². The standard InChI is InChI=1S/C17H20ClNO5/c18-11-2-4-13(16(20)21)15(7-11)24-12-3-1-9-8-19-14(17(22)23)6-10(9)5-12/h2,4,7,9-10,12,14,19H,1,3,5-6,8H2,(H,20,21)(H,22,23)/t9?,10?,12-,14-/m0/s1. The summed E-state index contributed by atoms with van der Waals surface area (Å²) in [5.41, 5.74) is 0.0928. The van der Waals surface area contributed by atoms with Gasteiger partial charge in [0.05, 0.1) is 6.10 Å². The summed E-state index contributed by atoms with van der Waals surface area (Å²) in [7, 11) is 0. The molecule has 0 spiro atoms. The van der Waals surface area contributed by atoms with Crippen LogP contribution in [0.4, 0.5) is 0 Å². The third-order valence-electron chi connectivity index (χ3n) is 5.02. The second kappa shape index (κ2) is 6.99. The molecule has 1 heterocycles. The zero-order valence-electron chi connectivity index (χ0n) is 13.1. The minimum atomic E-state index is -1.05. The van der Waals surface area contributed by atoms with Crippen LogP contribution in [0.1, 0.15) is 36.0 Å². The second-order valence-corrected chi connectivity index (χ2v) is 6.99. The summed E-state index contributed by atoms with van der Waals surface area (Å²) >= 11 is 5.96. The number of aliphatic carboxylic acids is 1. The van der Waals surface area contributed by atoms with E-state index in [1.54, 1.807) is 0 Å². The van der Waals surface area contributed by atoms with Crippen LogP contribution in [0.15, 0.2) is 18.2 Å². The molecule has 2 aliphatic rings. The molecule has 24 heavy (non-hydrogen) atoms. The van der Waals surface area contributed by atoms with Crippen molar-refractivity contribution >= 4 is 23.5 Å². The monoisotopic (exact) mass is 353 g/mol. The van der Waals surface area contributed by atoms with E-state index in [4.69, 9.17) is 16.3 Å². The number of carboxylic acids is 2. The van der Waals surface area contributed by atoms with Crippen LogP contribution >= 0.6 is 11.6 Å². The number of benzene rings is 1. The molecule has 0 radical (unpaired) electrons. The molecule has 0 aromatic heterocycles. The van der Waals surface area contributed by atoms with Crippen molar-refractivity contribution in [1.82, 2.24) is 5.32 Å². The summed E-state index contributed by atoms with van der Waals surface area (Å²) in [4.78, 5) is 22.5. The van der Waals surface area contributed by atoms with Crippen LogP contribution in [0.2, 0.25) is 5.02 Å². The first kappa shape index (κ1) is 17.0. The predicted octanol–water partition coefficient (Wildman–Crippen LogP) is 2.65. The van der Waals surface area contributed by atoms with Gasteiger partial charge in [0.15, 0.2) is 0 Å². The lowest BCUT2D eigenvalue weighted by Crippen LogP contribution is -2.50. The van der Waals surface area contributed by atoms with E-state index in [0.717, 1.165) is 19.3 Å². The van der Waals surface area contributed by atoms with Gasteiger partial charge in [0.25, 0.3) is 0 Å². The largest absolute Gasteiger partial charge is 0.489 e. The Morgan fingerprint density at radius 3 is 2.67 bits per heavy atom. The first-order valence-corrected chi connectivity index (χ1v) is 8.47. The summed E-state index contributed by atoms with van der Waals surface area (Å²) in [6.07, 6.45) is 2.97. The highest BCUT2D eigenvalue weighted by atomic mass is 35.5. The molecule has 130 valence electrons. The number of piperidine rings is 1. The molecule has 0 bridgehead atoms. The Labute approximate surface area is 144 Å². The zero-order chi connectivity index (χ0) is 17.3. The molecule has 2 fully saturated rings. The van der Waals surface area contributed by atoms with Crippen LogP contribution in [-0.2, 0) is 4.79 Å². The van der Waals surface area contributed by atoms with Gasteiger partial charge in [0.2, 0.25) is 0 Å². The van der Waals surface area contributed by atoms with Crippen molar-refractivity contribution in [3.8, 4) is 5.75 Å². The Hall–Kier alpha value is -1.79. The molecule has 2 unspecified atom stereocenters. The second-order valence-electron chi connectivity index (χ2n) is 6.55. The first-order chi connectivity index (χ1) is 11.4. The molecular weight excluding hydrogens is 334 g/mol. The van der Waals surface area contributed by atoms with Crippen molar-refractivity contribution in [2.75, 3.05) is 6.54 Å². The van der Waals surface area contributed by atoms with E-state index < -0.39 is 18.0 Å². The Morgan fingerprint density at radius 1 is 1.17 bits per heavy atom. The van der Waals surface area contributed by atoms with E-state index in [-0.39, 0.29) is 23.3 Å². The number of carboxylic acid groups (broad SMARTS) is 2. The third kappa shape index (κ3) is 3.65. The number of aromatic carboxylic acids is 1. The fourth-order valence-electron chi connectivity index (χ4n) is 3.77. The van der Waals surface area contributed by atoms with Gasteiger partial charge in [-0.1, -0.05) is 11.6 Å². The highest BCUT2D eigenvalue weighted by Crippen LogP contribution is 2.38. The van der Waals surface area contributed by atoms with Crippen LogP contribution in [0.3, 0.4) is 0 Å². The summed E-state index contributed by atoms with van der Waals surface area (Å²) < 4.78 is 5.94. The van der Waals surface area contributed by atoms with Gasteiger partial charge in [0.1, 0.15) is 17.4 Å². The smallest absolute Gasteiger partial charge is 0.339 e. The van der Waals surface area contributed by atoms with Gasteiger partial charge >= 0.3 is 11.9 Å². The van der Waals surface area contributed by atoms with Gasteiger partial charge in [-0.05, 0) is 62.3 Å². The Bertz CT molecular complexity index is 650. The Morgan fingerprint density at radius 2 is 1.96 bits per heavy atom. The van der Waals surface area contributed by atoms with E-state index in [9.17, 15) is 19.8 Å². The van der Waals surface area contributed by atoms with E-state index >= 15 is 0 Å². The highest BCUT2D eigenvalue weighted by molar-refractivity contribution is 6.30. The molecule has 3 rings (SSSR count). The number of carbonyl (C=O) groups is 2. The molecule has 1 aromatic rings. The average Bonchev–Trinajstić information content (AvgIpc) is 2.54. The lowest BCUT2D eigenvalue weighted by atomic mass is 9.72. The highest BCUT2D eigenvalue weighted by Gasteiger charge is 2.38. The van der Waals surface area contributed by atoms with Crippen molar-refractivity contribution < 1.29 is 24.5 Å². The lowest BCUT2D eigenvalue weighted by Gasteiger charge is -2.41. The Balaban J connectivity index is 1.70. The van der Waals surface area contributed by atoms with Crippen molar-refractivity contribution in [2.24, 2.45) is 11.8 Å². The van der Waals surface area contributed by atoms with Crippen molar-refractivity contribution in [3.05, 3.63) is 28.8 Å². The van der Waals surface area contributed by atoms with Crippen LogP contribution in [0.25, 0.3) is 0 Å². The first-order valence-electron chi connectivity index (χ1n) is 8.09. The van der Waals surface area contributed by atoms with Gasteiger partial charge in [-0.3, -0.25) is 4.79 Å². The minimum absolute atomic E-state index is 0.0928. The van der Waals surface area contributed by atoms with Crippen molar-refractivity contribution in [3.63, 3.8) is 0 Å². The molecule has 1 saturated carbocycles. The van der Waals surface area contributed by atoms with Gasteiger partial charge in [-0.2, -0.15) is 0 Å². The average molecular weight is 354 g/mol. The Kier molecular flexibility index (Phi) is 4.96. The van der Waals surface area contributed by atoms with Crippen molar-refractivity contribution in [1.29, 1.82) is 0 Å². The third-order valence-corrected chi connectivity index (χ3v) is 5.26. The SMILES string of the molecule is O=C(O)c1ccc(Cl)cc1O[C@H]1CCC2CN[C@H](C(=O)O)CC2C1. The molecule has 7 heteroatoms. The quantitative estimate of drug-likeness (QED) is 0.770. The van der Waals surface area contributed by atoms with E-state index in [1.807, 2.05) is 0 Å². The predicted molar refractivity (Wildman–Crippen MR) is 87.7 cm³/mol. The van der Waals surface area contributed by atoms with Gasteiger partial charge in [-0.25, -0.2) is 4.79 Å². The molecule has 4 atom stereocenters. The van der Waals surface area contributed by atoms with Gasteiger partial charge in [0, 0.05) is 5.02 Å². The van der Waals surface area contributed by atoms with Gasteiger partial charge in [-0.15, -0.1) is 0 Å². The summed E-state index contributed by atoms with van der Waals surface area (Å²) in [6, 6.07) is 3.99. The van der Waals surface area contributed by atoms with Crippen LogP contribution in [0, 0.1) is 11.8 Å². The van der Waals surface area contributed by atoms with E-state index in [0.29, 0.717) is 23.9 Å². The van der Waals surface area contributed by atoms with E-state index in [2.05, 4.69) is 5.32 Å². The molecule has 1 aliphatic carbocycles. The fraction of sp³-hybridized carbons (Fsp3) is 0.529. The maximum atomic E-state index is 11.3. The number of nitrogens with one attached hydrogen (secondary N) is 1. The summed E-state index contributed by atoms with van der Waals surface area (Å²) in [6.45, 7) is 0.714. The molecular formula is C17H20ClNO5. The normalized spacial score (nSPS) is 29.5. The molecule has 1 aromatic carbocycles. The number of ether oxygens (including phenoxy) is 1.